The number of carbonyl (C=O) groups is 1. The summed E-state index contributed by atoms with van der Waals surface area (Å²) < 4.78 is 5.28. The maximum Gasteiger partial charge on any atom is 0.257 e. The molecule has 2 aromatic heterocycles. The molecule has 0 bridgehead atoms. The van der Waals surface area contributed by atoms with E-state index in [4.69, 9.17) is 4.52 Å². The first-order chi connectivity index (χ1) is 11.3. The molecule has 2 heterocycles. The number of H-pyrrole nitrogens is 1. The summed E-state index contributed by atoms with van der Waals surface area (Å²) >= 11 is 0. The van der Waals surface area contributed by atoms with Crippen LogP contribution in [0, 0.1) is 0 Å². The van der Waals surface area contributed by atoms with Crippen LogP contribution in [0.5, 0.6) is 0 Å². The molecule has 0 aliphatic heterocycles. The van der Waals surface area contributed by atoms with Gasteiger partial charge < -0.3 is 9.84 Å². The molecule has 2 N–H and O–H groups in total. The molecule has 116 valence electrons. The molecular weight excluding hydrogens is 292 g/mol. The second-order valence-electron chi connectivity index (χ2n) is 5.72. The van der Waals surface area contributed by atoms with Crippen LogP contribution in [0.15, 0.2) is 47.2 Å². The number of nitrogens with one attached hydrogen (secondary N) is 2. The first-order valence-electron chi connectivity index (χ1n) is 7.63. The zero-order chi connectivity index (χ0) is 15.6. The summed E-state index contributed by atoms with van der Waals surface area (Å²) in [6.45, 7) is 0. The Morgan fingerprint density at radius 2 is 2.13 bits per heavy atom. The SMILES string of the molecule is O=C(N[C@H]1CCc2cn[nH]c2C1)c1cnoc1-c1ccccc1. The molecule has 1 aliphatic carbocycles. The van der Waals surface area contributed by atoms with Crippen molar-refractivity contribution in [3.05, 3.63) is 59.5 Å². The Bertz CT molecular complexity index is 822. The van der Waals surface area contributed by atoms with Gasteiger partial charge in [-0.05, 0) is 18.4 Å². The molecule has 6 nitrogen and oxygen atoms in total. The van der Waals surface area contributed by atoms with Gasteiger partial charge in [-0.3, -0.25) is 9.89 Å². The average molecular weight is 308 g/mol. The minimum absolute atomic E-state index is 0.0916. The fourth-order valence-electron chi connectivity index (χ4n) is 2.99. The van der Waals surface area contributed by atoms with Gasteiger partial charge in [0.2, 0.25) is 0 Å². The Kier molecular flexibility index (Phi) is 3.42. The van der Waals surface area contributed by atoms with Crippen LogP contribution in [0.3, 0.4) is 0 Å². The highest BCUT2D eigenvalue weighted by Gasteiger charge is 2.24. The minimum atomic E-state index is -0.155. The summed E-state index contributed by atoms with van der Waals surface area (Å²) in [5, 5.41) is 13.9. The molecule has 0 fully saturated rings. The largest absolute Gasteiger partial charge is 0.355 e. The van der Waals surface area contributed by atoms with Crippen molar-refractivity contribution in [3.63, 3.8) is 0 Å². The third-order valence-corrected chi connectivity index (χ3v) is 4.21. The van der Waals surface area contributed by atoms with Crippen molar-refractivity contribution in [1.29, 1.82) is 0 Å². The first-order valence-corrected chi connectivity index (χ1v) is 7.63. The lowest BCUT2D eigenvalue weighted by Gasteiger charge is -2.22. The summed E-state index contributed by atoms with van der Waals surface area (Å²) in [4.78, 5) is 12.6. The van der Waals surface area contributed by atoms with Gasteiger partial charge in [0.25, 0.3) is 5.91 Å². The standard InChI is InChI=1S/C17H16N4O2/c22-17(20-13-7-6-12-9-18-21-15(12)8-13)14-10-19-23-16(14)11-4-2-1-3-5-11/h1-5,9-10,13H,6-8H2,(H,18,21)(H,20,22)/t13-/m0/s1. The van der Waals surface area contributed by atoms with Crippen LogP contribution in [-0.2, 0) is 12.8 Å². The fourth-order valence-corrected chi connectivity index (χ4v) is 2.99. The van der Waals surface area contributed by atoms with E-state index < -0.39 is 0 Å². The first kappa shape index (κ1) is 13.8. The number of hydrogen-bond acceptors (Lipinski definition) is 4. The molecule has 23 heavy (non-hydrogen) atoms. The van der Waals surface area contributed by atoms with E-state index in [1.807, 2.05) is 36.5 Å². The van der Waals surface area contributed by atoms with Crippen molar-refractivity contribution < 1.29 is 9.32 Å². The number of aryl methyl sites for hydroxylation is 1. The molecule has 0 unspecified atom stereocenters. The quantitative estimate of drug-likeness (QED) is 0.778. The summed E-state index contributed by atoms with van der Waals surface area (Å²) in [6, 6.07) is 9.61. The highest BCUT2D eigenvalue weighted by molar-refractivity contribution is 5.99. The summed E-state index contributed by atoms with van der Waals surface area (Å²) in [6.07, 6.45) is 5.94. The maximum atomic E-state index is 12.6. The average Bonchev–Trinajstić information content (AvgIpc) is 3.24. The summed E-state index contributed by atoms with van der Waals surface area (Å²) in [5.74, 6) is 0.346. The third kappa shape index (κ3) is 2.63. The highest BCUT2D eigenvalue weighted by atomic mass is 16.5. The molecule has 1 aliphatic rings. The van der Waals surface area contributed by atoms with E-state index in [0.29, 0.717) is 11.3 Å². The highest BCUT2D eigenvalue weighted by Crippen LogP contribution is 2.24. The van der Waals surface area contributed by atoms with Crippen molar-refractivity contribution >= 4 is 5.91 Å². The minimum Gasteiger partial charge on any atom is -0.355 e. The number of rotatable bonds is 3. The van der Waals surface area contributed by atoms with Crippen molar-refractivity contribution in [3.8, 4) is 11.3 Å². The number of aromatic amines is 1. The van der Waals surface area contributed by atoms with Gasteiger partial charge >= 0.3 is 0 Å². The number of nitrogens with zero attached hydrogens (tertiary/aromatic N) is 2. The Morgan fingerprint density at radius 3 is 3.00 bits per heavy atom. The van der Waals surface area contributed by atoms with Crippen LogP contribution in [0.4, 0.5) is 0 Å². The molecule has 0 saturated heterocycles. The van der Waals surface area contributed by atoms with Crippen LogP contribution < -0.4 is 5.32 Å². The molecule has 1 atom stereocenters. The molecule has 3 aromatic rings. The van der Waals surface area contributed by atoms with Crippen LogP contribution in [-0.4, -0.2) is 27.3 Å². The maximum absolute atomic E-state index is 12.6. The van der Waals surface area contributed by atoms with E-state index in [2.05, 4.69) is 20.7 Å². The fraction of sp³-hybridized carbons (Fsp3) is 0.235. The Labute approximate surface area is 132 Å². The number of fused-ring (bicyclic) bond motifs is 1. The smallest absolute Gasteiger partial charge is 0.257 e. The van der Waals surface area contributed by atoms with Gasteiger partial charge in [0.15, 0.2) is 5.76 Å². The van der Waals surface area contributed by atoms with Gasteiger partial charge in [0.05, 0.1) is 12.4 Å². The predicted molar refractivity (Wildman–Crippen MR) is 83.8 cm³/mol. The monoisotopic (exact) mass is 308 g/mol. The molecule has 0 saturated carbocycles. The third-order valence-electron chi connectivity index (χ3n) is 4.21. The van der Waals surface area contributed by atoms with E-state index in [-0.39, 0.29) is 11.9 Å². The lowest BCUT2D eigenvalue weighted by atomic mass is 9.93. The topological polar surface area (TPSA) is 83.8 Å². The second-order valence-corrected chi connectivity index (χ2v) is 5.72. The van der Waals surface area contributed by atoms with E-state index in [1.165, 1.54) is 11.8 Å². The zero-order valence-corrected chi connectivity index (χ0v) is 12.5. The van der Waals surface area contributed by atoms with Crippen molar-refractivity contribution in [2.24, 2.45) is 0 Å². The summed E-state index contributed by atoms with van der Waals surface area (Å²) in [7, 11) is 0. The van der Waals surface area contributed by atoms with Gasteiger partial charge in [-0.25, -0.2) is 0 Å². The van der Waals surface area contributed by atoms with Gasteiger partial charge in [0, 0.05) is 23.7 Å². The number of benzene rings is 1. The van der Waals surface area contributed by atoms with Gasteiger partial charge in [-0.15, -0.1) is 0 Å². The number of carbonyl (C=O) groups excluding carboxylic acids is 1. The number of hydrogen-bond donors (Lipinski definition) is 2. The lowest BCUT2D eigenvalue weighted by Crippen LogP contribution is -2.38. The summed E-state index contributed by atoms with van der Waals surface area (Å²) in [5.41, 5.74) is 3.65. The number of aromatic nitrogens is 3. The number of amides is 1. The Balaban J connectivity index is 1.52. The van der Waals surface area contributed by atoms with E-state index in [1.54, 1.807) is 0 Å². The zero-order valence-electron chi connectivity index (χ0n) is 12.5. The van der Waals surface area contributed by atoms with Gasteiger partial charge in [-0.2, -0.15) is 5.10 Å². The van der Waals surface area contributed by atoms with Crippen LogP contribution in [0.2, 0.25) is 0 Å². The van der Waals surface area contributed by atoms with Crippen LogP contribution in [0.25, 0.3) is 11.3 Å². The second kappa shape index (κ2) is 5.72. The van der Waals surface area contributed by atoms with Gasteiger partial charge in [0.1, 0.15) is 5.56 Å². The van der Waals surface area contributed by atoms with Crippen LogP contribution in [0.1, 0.15) is 28.0 Å². The molecular formula is C17H16N4O2. The molecule has 6 heteroatoms. The molecule has 0 radical (unpaired) electrons. The molecule has 1 aromatic carbocycles. The van der Waals surface area contributed by atoms with Crippen molar-refractivity contribution in [1.82, 2.24) is 20.7 Å². The van der Waals surface area contributed by atoms with Crippen LogP contribution >= 0.6 is 0 Å². The van der Waals surface area contributed by atoms with E-state index in [0.717, 1.165) is 30.5 Å². The predicted octanol–water partition coefficient (Wildman–Crippen LogP) is 2.35. The van der Waals surface area contributed by atoms with Crippen molar-refractivity contribution in [2.45, 2.75) is 25.3 Å². The van der Waals surface area contributed by atoms with Gasteiger partial charge in [-0.1, -0.05) is 35.5 Å². The Hall–Kier alpha value is -2.89. The molecule has 0 spiro atoms. The molecule has 1 amide bonds. The van der Waals surface area contributed by atoms with Crippen molar-refractivity contribution in [2.75, 3.05) is 0 Å². The van der Waals surface area contributed by atoms with E-state index >= 15 is 0 Å². The normalized spacial score (nSPS) is 16.8. The Morgan fingerprint density at radius 1 is 1.26 bits per heavy atom. The van der Waals surface area contributed by atoms with E-state index in [9.17, 15) is 4.79 Å². The lowest BCUT2D eigenvalue weighted by molar-refractivity contribution is 0.0933. The molecule has 4 rings (SSSR count).